The maximum absolute atomic E-state index is 11.8. The molecule has 2 rings (SSSR count). The number of nitrogens with one attached hydrogen (secondary N) is 2. The van der Waals surface area contributed by atoms with Crippen molar-refractivity contribution in [1.29, 1.82) is 0 Å². The molecule has 1 aliphatic rings. The first kappa shape index (κ1) is 17.4. The molecule has 18 heavy (non-hydrogen) atoms. The SMILES string of the molecule is Cl.Cl.O=C(NCC1CCCN1)c1ccncc1Cl. The highest BCUT2D eigenvalue weighted by atomic mass is 35.5. The van der Waals surface area contributed by atoms with Gasteiger partial charge in [-0.25, -0.2) is 0 Å². The average Bonchev–Trinajstić information content (AvgIpc) is 2.79. The number of halogens is 3. The third-order valence-corrected chi connectivity index (χ3v) is 2.99. The lowest BCUT2D eigenvalue weighted by Crippen LogP contribution is -2.37. The van der Waals surface area contributed by atoms with Crippen molar-refractivity contribution in [2.45, 2.75) is 18.9 Å². The van der Waals surface area contributed by atoms with Gasteiger partial charge < -0.3 is 10.6 Å². The summed E-state index contributed by atoms with van der Waals surface area (Å²) in [5, 5.41) is 6.57. The number of pyridine rings is 1. The lowest BCUT2D eigenvalue weighted by molar-refractivity contribution is 0.0950. The molecule has 0 aliphatic carbocycles. The van der Waals surface area contributed by atoms with Gasteiger partial charge in [0.05, 0.1) is 10.6 Å². The maximum Gasteiger partial charge on any atom is 0.252 e. The highest BCUT2D eigenvalue weighted by Gasteiger charge is 2.16. The third kappa shape index (κ3) is 4.61. The van der Waals surface area contributed by atoms with E-state index in [1.807, 2.05) is 0 Å². The highest BCUT2D eigenvalue weighted by molar-refractivity contribution is 6.33. The summed E-state index contributed by atoms with van der Waals surface area (Å²) >= 11 is 5.88. The van der Waals surface area contributed by atoms with Crippen LogP contribution in [0.25, 0.3) is 0 Å². The van der Waals surface area contributed by atoms with E-state index in [1.54, 1.807) is 12.3 Å². The van der Waals surface area contributed by atoms with Gasteiger partial charge >= 0.3 is 0 Å². The number of hydrogen-bond donors (Lipinski definition) is 2. The van der Waals surface area contributed by atoms with Crippen molar-refractivity contribution < 1.29 is 4.79 Å². The number of aromatic nitrogens is 1. The predicted octanol–water partition coefficient (Wildman–Crippen LogP) is 2.06. The van der Waals surface area contributed by atoms with Gasteiger partial charge in [-0.2, -0.15) is 0 Å². The summed E-state index contributed by atoms with van der Waals surface area (Å²) < 4.78 is 0. The zero-order valence-corrected chi connectivity index (χ0v) is 12.1. The number of nitrogens with zero attached hydrogens (tertiary/aromatic N) is 1. The molecule has 7 heteroatoms. The Hall–Kier alpha value is -0.550. The van der Waals surface area contributed by atoms with Crippen LogP contribution in [-0.4, -0.2) is 30.0 Å². The minimum Gasteiger partial charge on any atom is -0.350 e. The Morgan fingerprint density at radius 3 is 2.94 bits per heavy atom. The van der Waals surface area contributed by atoms with Crippen molar-refractivity contribution in [3.05, 3.63) is 29.0 Å². The molecule has 0 bridgehead atoms. The lowest BCUT2D eigenvalue weighted by Gasteiger charge is -2.11. The molecule has 2 N–H and O–H groups in total. The molecule has 1 saturated heterocycles. The van der Waals surface area contributed by atoms with Crippen molar-refractivity contribution in [2.75, 3.05) is 13.1 Å². The Kier molecular flexibility index (Phi) is 8.27. The molecule has 1 fully saturated rings. The summed E-state index contributed by atoms with van der Waals surface area (Å²) in [6, 6.07) is 2.02. The first-order valence-corrected chi connectivity index (χ1v) is 5.76. The monoisotopic (exact) mass is 311 g/mol. The number of carbonyl (C=O) groups is 1. The Bertz CT molecular complexity index is 384. The molecule has 1 unspecified atom stereocenters. The molecule has 1 aliphatic heterocycles. The fourth-order valence-electron chi connectivity index (χ4n) is 1.80. The van der Waals surface area contributed by atoms with Crippen LogP contribution in [-0.2, 0) is 0 Å². The van der Waals surface area contributed by atoms with E-state index in [2.05, 4.69) is 15.6 Å². The van der Waals surface area contributed by atoms with Gasteiger partial charge in [0.25, 0.3) is 5.91 Å². The second-order valence-corrected chi connectivity index (χ2v) is 4.27. The van der Waals surface area contributed by atoms with E-state index in [1.165, 1.54) is 12.6 Å². The summed E-state index contributed by atoms with van der Waals surface area (Å²) in [7, 11) is 0. The van der Waals surface area contributed by atoms with Gasteiger partial charge in [0.2, 0.25) is 0 Å². The molecule has 1 aromatic rings. The summed E-state index contributed by atoms with van der Waals surface area (Å²) in [4.78, 5) is 15.6. The topological polar surface area (TPSA) is 54.0 Å². The molecule has 102 valence electrons. The van der Waals surface area contributed by atoms with Crippen LogP contribution in [0.15, 0.2) is 18.5 Å². The van der Waals surface area contributed by atoms with Crippen molar-refractivity contribution in [3.8, 4) is 0 Å². The zero-order valence-electron chi connectivity index (χ0n) is 9.69. The van der Waals surface area contributed by atoms with E-state index in [0.717, 1.165) is 13.0 Å². The molecule has 1 amide bonds. The van der Waals surface area contributed by atoms with Gasteiger partial charge in [0.15, 0.2) is 0 Å². The van der Waals surface area contributed by atoms with E-state index >= 15 is 0 Å². The Balaban J connectivity index is 0.00000144. The van der Waals surface area contributed by atoms with Crippen LogP contribution in [0, 0.1) is 0 Å². The van der Waals surface area contributed by atoms with Gasteiger partial charge in [-0.05, 0) is 25.5 Å². The van der Waals surface area contributed by atoms with Gasteiger partial charge in [0, 0.05) is 25.0 Å². The summed E-state index contributed by atoms with van der Waals surface area (Å²) in [5.74, 6) is -0.138. The Labute approximate surface area is 124 Å². The fraction of sp³-hybridized carbons (Fsp3) is 0.455. The van der Waals surface area contributed by atoms with Crippen LogP contribution in [0.3, 0.4) is 0 Å². The second kappa shape index (κ2) is 8.53. The Morgan fingerprint density at radius 1 is 1.56 bits per heavy atom. The van der Waals surface area contributed by atoms with Gasteiger partial charge in [-0.15, -0.1) is 24.8 Å². The van der Waals surface area contributed by atoms with E-state index in [0.29, 0.717) is 23.2 Å². The van der Waals surface area contributed by atoms with Crippen LogP contribution < -0.4 is 10.6 Å². The normalized spacial score (nSPS) is 17.5. The first-order valence-electron chi connectivity index (χ1n) is 5.38. The summed E-state index contributed by atoms with van der Waals surface area (Å²) in [5.41, 5.74) is 0.481. The number of hydrogen-bond acceptors (Lipinski definition) is 3. The number of amides is 1. The number of carbonyl (C=O) groups excluding carboxylic acids is 1. The highest BCUT2D eigenvalue weighted by Crippen LogP contribution is 2.13. The Morgan fingerprint density at radius 2 is 2.33 bits per heavy atom. The molecular weight excluding hydrogens is 296 g/mol. The molecule has 1 aromatic heterocycles. The smallest absolute Gasteiger partial charge is 0.252 e. The molecule has 0 spiro atoms. The van der Waals surface area contributed by atoms with Crippen LogP contribution in [0.1, 0.15) is 23.2 Å². The summed E-state index contributed by atoms with van der Waals surface area (Å²) in [6.45, 7) is 1.69. The molecule has 0 saturated carbocycles. The van der Waals surface area contributed by atoms with E-state index in [9.17, 15) is 4.79 Å². The van der Waals surface area contributed by atoms with Crippen molar-refractivity contribution in [1.82, 2.24) is 15.6 Å². The average molecular weight is 313 g/mol. The first-order chi connectivity index (χ1) is 7.77. The predicted molar refractivity (Wildman–Crippen MR) is 77.1 cm³/mol. The number of rotatable bonds is 3. The van der Waals surface area contributed by atoms with Crippen LogP contribution in [0.4, 0.5) is 0 Å². The van der Waals surface area contributed by atoms with Crippen LogP contribution in [0.2, 0.25) is 5.02 Å². The van der Waals surface area contributed by atoms with Gasteiger partial charge in [-0.1, -0.05) is 11.6 Å². The van der Waals surface area contributed by atoms with Crippen molar-refractivity contribution >= 4 is 42.3 Å². The van der Waals surface area contributed by atoms with Crippen LogP contribution in [0.5, 0.6) is 0 Å². The largest absolute Gasteiger partial charge is 0.350 e. The minimum atomic E-state index is -0.138. The standard InChI is InChI=1S/C11H14ClN3O.2ClH/c12-10-7-13-5-3-9(10)11(16)15-6-8-2-1-4-14-8;;/h3,5,7-8,14H,1-2,4,6H2,(H,15,16);2*1H. The molecule has 4 nitrogen and oxygen atoms in total. The van der Waals surface area contributed by atoms with Gasteiger partial charge in [-0.3, -0.25) is 9.78 Å². The molecule has 2 heterocycles. The van der Waals surface area contributed by atoms with E-state index < -0.39 is 0 Å². The quantitative estimate of drug-likeness (QED) is 0.898. The minimum absolute atomic E-state index is 0. The second-order valence-electron chi connectivity index (χ2n) is 3.86. The molecule has 0 aromatic carbocycles. The lowest BCUT2D eigenvalue weighted by atomic mass is 10.2. The van der Waals surface area contributed by atoms with Crippen LogP contribution >= 0.6 is 36.4 Å². The maximum atomic E-state index is 11.8. The van der Waals surface area contributed by atoms with Crippen molar-refractivity contribution in [2.24, 2.45) is 0 Å². The van der Waals surface area contributed by atoms with Crippen molar-refractivity contribution in [3.63, 3.8) is 0 Å². The molecule has 1 atom stereocenters. The fourth-order valence-corrected chi connectivity index (χ4v) is 2.01. The zero-order chi connectivity index (χ0) is 11.4. The third-order valence-electron chi connectivity index (χ3n) is 2.69. The summed E-state index contributed by atoms with van der Waals surface area (Å²) in [6.07, 6.45) is 5.33. The van der Waals surface area contributed by atoms with Gasteiger partial charge in [0.1, 0.15) is 0 Å². The molecular formula is C11H16Cl3N3O. The van der Waals surface area contributed by atoms with E-state index in [-0.39, 0.29) is 30.7 Å². The molecule has 0 radical (unpaired) electrons. The van der Waals surface area contributed by atoms with E-state index in [4.69, 9.17) is 11.6 Å².